The second kappa shape index (κ2) is 4.58. The van der Waals surface area contributed by atoms with Crippen LogP contribution in [0.4, 0.5) is 10.8 Å². The van der Waals surface area contributed by atoms with E-state index in [4.69, 9.17) is 5.73 Å². The van der Waals surface area contributed by atoms with Crippen molar-refractivity contribution in [2.45, 2.75) is 0 Å². The summed E-state index contributed by atoms with van der Waals surface area (Å²) in [6, 6.07) is 5.11. The second-order valence-electron chi connectivity index (χ2n) is 2.91. The average Bonchev–Trinajstić information content (AvgIpc) is 2.74. The molecule has 0 atom stereocenters. The lowest BCUT2D eigenvalue weighted by Gasteiger charge is -2.05. The topological polar surface area (TPSA) is 80.9 Å². The molecule has 0 saturated carbocycles. The summed E-state index contributed by atoms with van der Waals surface area (Å²) in [5.41, 5.74) is 8.21. The van der Waals surface area contributed by atoms with E-state index < -0.39 is 0 Å². The molecule has 1 aromatic heterocycles. The molecule has 1 aromatic carbocycles. The highest BCUT2D eigenvalue weighted by atomic mass is 79.9. The Hall–Kier alpha value is -1.47. The van der Waals surface area contributed by atoms with Crippen molar-refractivity contribution in [2.75, 3.05) is 11.1 Å². The predicted molar refractivity (Wildman–Crippen MR) is 66.4 cm³/mol. The highest BCUT2D eigenvalue weighted by molar-refractivity contribution is 9.10. The van der Waals surface area contributed by atoms with Gasteiger partial charge in [-0.25, -0.2) is 0 Å². The Balaban J connectivity index is 2.24. The number of benzene rings is 1. The van der Waals surface area contributed by atoms with Crippen molar-refractivity contribution in [1.82, 2.24) is 10.2 Å². The highest BCUT2D eigenvalue weighted by Gasteiger charge is 2.12. The maximum absolute atomic E-state index is 11.8. The van der Waals surface area contributed by atoms with E-state index in [1.165, 1.54) is 11.3 Å². The molecule has 0 saturated heterocycles. The first-order valence-corrected chi connectivity index (χ1v) is 5.97. The Morgan fingerprint density at radius 1 is 1.50 bits per heavy atom. The molecule has 2 aromatic rings. The molecule has 2 rings (SSSR count). The van der Waals surface area contributed by atoms with Crippen molar-refractivity contribution < 1.29 is 4.79 Å². The Morgan fingerprint density at radius 3 is 3.00 bits per heavy atom. The molecule has 0 unspecified atom stereocenters. The van der Waals surface area contributed by atoms with Crippen molar-refractivity contribution in [2.24, 2.45) is 0 Å². The van der Waals surface area contributed by atoms with Crippen LogP contribution in [0.3, 0.4) is 0 Å². The van der Waals surface area contributed by atoms with E-state index in [2.05, 4.69) is 31.4 Å². The summed E-state index contributed by atoms with van der Waals surface area (Å²) in [6.45, 7) is 0. The molecular weight excluding hydrogens is 292 g/mol. The molecule has 82 valence electrons. The lowest BCUT2D eigenvalue weighted by atomic mass is 10.2. The first-order chi connectivity index (χ1) is 7.68. The third-order valence-electron chi connectivity index (χ3n) is 1.85. The van der Waals surface area contributed by atoms with Gasteiger partial charge in [-0.05, 0) is 28.1 Å². The van der Waals surface area contributed by atoms with Gasteiger partial charge in [0, 0.05) is 5.69 Å². The lowest BCUT2D eigenvalue weighted by molar-refractivity contribution is 0.102. The number of amides is 1. The molecule has 0 radical (unpaired) electrons. The number of carbonyl (C=O) groups excluding carboxylic acids is 1. The molecule has 0 aliphatic rings. The molecule has 0 fully saturated rings. The highest BCUT2D eigenvalue weighted by Crippen LogP contribution is 2.24. The largest absolute Gasteiger partial charge is 0.398 e. The van der Waals surface area contributed by atoms with Gasteiger partial charge in [-0.1, -0.05) is 17.4 Å². The van der Waals surface area contributed by atoms with Gasteiger partial charge in [0.2, 0.25) is 5.13 Å². The fraction of sp³-hybridized carbons (Fsp3) is 0. The number of hydrogen-bond donors (Lipinski definition) is 2. The Labute approximate surface area is 104 Å². The SMILES string of the molecule is Nc1cccc(C(=O)Nc2nncs2)c1Br. The first kappa shape index (κ1) is 11.0. The van der Waals surface area contributed by atoms with Gasteiger partial charge in [-0.2, -0.15) is 0 Å². The van der Waals surface area contributed by atoms with E-state index in [9.17, 15) is 4.79 Å². The monoisotopic (exact) mass is 298 g/mol. The minimum Gasteiger partial charge on any atom is -0.398 e. The van der Waals surface area contributed by atoms with Gasteiger partial charge in [0.25, 0.3) is 5.91 Å². The number of nitrogens with two attached hydrogens (primary N) is 1. The van der Waals surface area contributed by atoms with Crippen molar-refractivity contribution in [3.8, 4) is 0 Å². The number of carbonyl (C=O) groups is 1. The first-order valence-electron chi connectivity index (χ1n) is 4.30. The van der Waals surface area contributed by atoms with E-state index in [1.807, 2.05) is 0 Å². The Morgan fingerprint density at radius 2 is 2.31 bits per heavy atom. The minimum atomic E-state index is -0.268. The quantitative estimate of drug-likeness (QED) is 0.832. The van der Waals surface area contributed by atoms with Crippen LogP contribution in [0.25, 0.3) is 0 Å². The standard InChI is InChI=1S/C9H7BrN4OS/c10-7-5(2-1-3-6(7)11)8(15)13-9-14-12-4-16-9/h1-4H,11H2,(H,13,14,15). The molecule has 3 N–H and O–H groups in total. The molecule has 0 aliphatic carbocycles. The number of nitrogens with one attached hydrogen (secondary N) is 1. The third kappa shape index (κ3) is 2.20. The van der Waals surface area contributed by atoms with Crippen LogP contribution < -0.4 is 11.1 Å². The fourth-order valence-electron chi connectivity index (χ4n) is 1.12. The number of anilines is 2. The lowest BCUT2D eigenvalue weighted by Crippen LogP contribution is -2.13. The number of nitrogens with zero attached hydrogens (tertiary/aromatic N) is 2. The molecule has 1 amide bonds. The summed E-state index contributed by atoms with van der Waals surface area (Å²) < 4.78 is 0.581. The van der Waals surface area contributed by atoms with Gasteiger partial charge < -0.3 is 5.73 Å². The summed E-state index contributed by atoms with van der Waals surface area (Å²) in [7, 11) is 0. The average molecular weight is 299 g/mol. The smallest absolute Gasteiger partial charge is 0.258 e. The van der Waals surface area contributed by atoms with Crippen molar-refractivity contribution in [1.29, 1.82) is 0 Å². The fourth-order valence-corrected chi connectivity index (χ4v) is 2.00. The van der Waals surface area contributed by atoms with Crippen LogP contribution in [0.15, 0.2) is 28.2 Å². The van der Waals surface area contributed by atoms with Gasteiger partial charge in [-0.3, -0.25) is 10.1 Å². The van der Waals surface area contributed by atoms with Crippen LogP contribution in [0.1, 0.15) is 10.4 Å². The molecule has 1 heterocycles. The number of aromatic nitrogens is 2. The zero-order valence-corrected chi connectivity index (χ0v) is 10.4. The number of hydrogen-bond acceptors (Lipinski definition) is 5. The van der Waals surface area contributed by atoms with Crippen LogP contribution in [-0.4, -0.2) is 16.1 Å². The second-order valence-corrected chi connectivity index (χ2v) is 4.53. The van der Waals surface area contributed by atoms with Crippen LogP contribution in [0.2, 0.25) is 0 Å². The summed E-state index contributed by atoms with van der Waals surface area (Å²) in [5.74, 6) is -0.268. The van der Waals surface area contributed by atoms with E-state index in [1.54, 1.807) is 23.7 Å². The number of rotatable bonds is 2. The summed E-state index contributed by atoms with van der Waals surface area (Å²) >= 11 is 4.52. The number of nitrogen functional groups attached to an aromatic ring is 1. The molecule has 0 aliphatic heterocycles. The van der Waals surface area contributed by atoms with Crippen LogP contribution >= 0.6 is 27.3 Å². The van der Waals surface area contributed by atoms with Crippen LogP contribution in [0.5, 0.6) is 0 Å². The van der Waals surface area contributed by atoms with Gasteiger partial charge in [0.1, 0.15) is 5.51 Å². The molecule has 7 heteroatoms. The summed E-state index contributed by atoms with van der Waals surface area (Å²) in [4.78, 5) is 11.8. The molecule has 0 bridgehead atoms. The van der Waals surface area contributed by atoms with Crippen molar-refractivity contribution in [3.63, 3.8) is 0 Å². The van der Waals surface area contributed by atoms with E-state index in [0.717, 1.165) is 0 Å². The van der Waals surface area contributed by atoms with Crippen molar-refractivity contribution in [3.05, 3.63) is 33.7 Å². The third-order valence-corrected chi connectivity index (χ3v) is 3.35. The molecular formula is C9H7BrN4OS. The van der Waals surface area contributed by atoms with Gasteiger partial charge in [-0.15, -0.1) is 10.2 Å². The maximum atomic E-state index is 11.8. The van der Waals surface area contributed by atoms with Crippen LogP contribution in [-0.2, 0) is 0 Å². The van der Waals surface area contributed by atoms with E-state index in [0.29, 0.717) is 20.9 Å². The Bertz CT molecular complexity index is 514. The van der Waals surface area contributed by atoms with E-state index >= 15 is 0 Å². The zero-order chi connectivity index (χ0) is 11.5. The van der Waals surface area contributed by atoms with Gasteiger partial charge in [0.05, 0.1) is 10.0 Å². The van der Waals surface area contributed by atoms with Crippen LogP contribution in [0, 0.1) is 0 Å². The Kier molecular flexibility index (Phi) is 3.16. The molecule has 16 heavy (non-hydrogen) atoms. The van der Waals surface area contributed by atoms with E-state index in [-0.39, 0.29) is 5.91 Å². The molecule has 0 spiro atoms. The summed E-state index contributed by atoms with van der Waals surface area (Å²) in [6.07, 6.45) is 0. The normalized spacial score (nSPS) is 10.1. The zero-order valence-electron chi connectivity index (χ0n) is 7.98. The van der Waals surface area contributed by atoms with Crippen molar-refractivity contribution >= 4 is 44.0 Å². The van der Waals surface area contributed by atoms with Gasteiger partial charge in [0.15, 0.2) is 0 Å². The summed E-state index contributed by atoms with van der Waals surface area (Å²) in [5, 5.41) is 10.4. The maximum Gasteiger partial charge on any atom is 0.258 e. The minimum absolute atomic E-state index is 0.268. The van der Waals surface area contributed by atoms with Gasteiger partial charge >= 0.3 is 0 Å². The number of halogens is 1. The predicted octanol–water partition coefficient (Wildman–Crippen LogP) is 2.14. The molecule has 5 nitrogen and oxygen atoms in total.